The molecule has 0 spiro atoms. The second kappa shape index (κ2) is 5.40. The fourth-order valence-corrected chi connectivity index (χ4v) is 3.27. The van der Waals surface area contributed by atoms with Crippen molar-refractivity contribution in [2.24, 2.45) is 5.92 Å². The monoisotopic (exact) mass is 263 g/mol. The summed E-state index contributed by atoms with van der Waals surface area (Å²) in [6.45, 7) is 2.61. The van der Waals surface area contributed by atoms with Crippen LogP contribution in [0.3, 0.4) is 0 Å². The minimum Gasteiger partial charge on any atom is -0.381 e. The molecule has 1 heterocycles. The van der Waals surface area contributed by atoms with Crippen molar-refractivity contribution in [3.05, 3.63) is 0 Å². The van der Waals surface area contributed by atoms with Gasteiger partial charge in [-0.25, -0.2) is 0 Å². The van der Waals surface area contributed by atoms with Crippen molar-refractivity contribution in [2.75, 3.05) is 26.8 Å². The van der Waals surface area contributed by atoms with Crippen LogP contribution in [0.5, 0.6) is 0 Å². The highest BCUT2D eigenvalue weighted by atomic mass is 16.5. The van der Waals surface area contributed by atoms with E-state index in [1.165, 1.54) is 25.7 Å². The van der Waals surface area contributed by atoms with Gasteiger partial charge in [0, 0.05) is 31.8 Å². The largest absolute Gasteiger partial charge is 0.381 e. The summed E-state index contributed by atoms with van der Waals surface area (Å²) in [5.74, 6) is 0.570. The molecule has 1 aliphatic heterocycles. The quantitative estimate of drug-likeness (QED) is 0.789. The van der Waals surface area contributed by atoms with Gasteiger partial charge >= 0.3 is 0 Å². The molecule has 1 atom stereocenters. The third-order valence-corrected chi connectivity index (χ3v) is 4.83. The summed E-state index contributed by atoms with van der Waals surface area (Å²) in [4.78, 5) is 2.40. The maximum absolute atomic E-state index is 9.75. The Balaban J connectivity index is 1.64. The van der Waals surface area contributed by atoms with Crippen molar-refractivity contribution in [1.29, 1.82) is 5.26 Å². The van der Waals surface area contributed by atoms with Gasteiger partial charge in [-0.15, -0.1) is 0 Å². The molecule has 3 rings (SSSR count). The molecule has 2 saturated carbocycles. The summed E-state index contributed by atoms with van der Waals surface area (Å²) < 4.78 is 5.43. The van der Waals surface area contributed by atoms with E-state index in [2.05, 4.69) is 23.3 Å². The van der Waals surface area contributed by atoms with Gasteiger partial charge < -0.3 is 9.64 Å². The predicted octanol–water partition coefficient (Wildman–Crippen LogP) is 1.52. The van der Waals surface area contributed by atoms with Crippen LogP contribution in [0.25, 0.3) is 0 Å². The third-order valence-electron chi connectivity index (χ3n) is 4.83. The van der Waals surface area contributed by atoms with Crippen molar-refractivity contribution >= 4 is 0 Å². The lowest BCUT2D eigenvalue weighted by Gasteiger charge is -2.38. The molecule has 1 unspecified atom stereocenters. The van der Waals surface area contributed by atoms with E-state index in [1.807, 2.05) is 0 Å². The molecule has 1 N–H and O–H groups in total. The average molecular weight is 263 g/mol. The molecule has 0 amide bonds. The number of nitriles is 1. The lowest BCUT2D eigenvalue weighted by Crippen LogP contribution is -2.56. The van der Waals surface area contributed by atoms with E-state index in [4.69, 9.17) is 4.74 Å². The molecule has 0 radical (unpaired) electrons. The van der Waals surface area contributed by atoms with Crippen LogP contribution in [-0.2, 0) is 4.74 Å². The minimum absolute atomic E-state index is 0.297. The molecule has 0 aromatic rings. The predicted molar refractivity (Wildman–Crippen MR) is 73.7 cm³/mol. The van der Waals surface area contributed by atoms with Crippen LogP contribution in [0.1, 0.15) is 38.5 Å². The van der Waals surface area contributed by atoms with Gasteiger partial charge in [0.05, 0.1) is 6.07 Å². The number of ether oxygens (including phenoxy) is 1. The Morgan fingerprint density at radius 2 is 1.89 bits per heavy atom. The van der Waals surface area contributed by atoms with Crippen LogP contribution in [0.4, 0.5) is 0 Å². The number of nitrogens with zero attached hydrogens (tertiary/aromatic N) is 2. The standard InChI is InChI=1S/C15H25N3O/c1-18(14-6-8-19-9-7-14)11-15(10-16,12-2-3-12)17-13-4-5-13/h12-14,17H,2-9,11H2,1H3. The molecule has 106 valence electrons. The van der Waals surface area contributed by atoms with Gasteiger partial charge in [0.1, 0.15) is 5.54 Å². The highest BCUT2D eigenvalue weighted by Gasteiger charge is 2.49. The van der Waals surface area contributed by atoms with Crippen LogP contribution >= 0.6 is 0 Å². The Kier molecular flexibility index (Phi) is 3.79. The number of hydrogen-bond acceptors (Lipinski definition) is 4. The molecule has 4 nitrogen and oxygen atoms in total. The average Bonchev–Trinajstić information content (AvgIpc) is 3.31. The fourth-order valence-electron chi connectivity index (χ4n) is 3.27. The normalized spacial score (nSPS) is 28.1. The van der Waals surface area contributed by atoms with Gasteiger partial charge in [-0.1, -0.05) is 0 Å². The van der Waals surface area contributed by atoms with Crippen LogP contribution < -0.4 is 5.32 Å². The molecule has 0 bridgehead atoms. The second-order valence-electron chi connectivity index (χ2n) is 6.53. The fraction of sp³-hybridized carbons (Fsp3) is 0.933. The zero-order chi connectivity index (χ0) is 13.3. The van der Waals surface area contributed by atoms with Crippen LogP contribution in [0, 0.1) is 17.2 Å². The van der Waals surface area contributed by atoms with E-state index >= 15 is 0 Å². The first-order valence-electron chi connectivity index (χ1n) is 7.70. The van der Waals surface area contributed by atoms with E-state index in [0.29, 0.717) is 18.0 Å². The molecule has 1 saturated heterocycles. The summed E-state index contributed by atoms with van der Waals surface area (Å²) >= 11 is 0. The van der Waals surface area contributed by atoms with Crippen molar-refractivity contribution in [1.82, 2.24) is 10.2 Å². The van der Waals surface area contributed by atoms with Gasteiger partial charge in [0.25, 0.3) is 0 Å². The molecule has 3 fully saturated rings. The molecular weight excluding hydrogens is 238 g/mol. The van der Waals surface area contributed by atoms with Gasteiger partial charge in [-0.2, -0.15) is 5.26 Å². The van der Waals surface area contributed by atoms with Crippen LogP contribution in [0.2, 0.25) is 0 Å². The molecule has 0 aromatic heterocycles. The summed E-state index contributed by atoms with van der Waals surface area (Å²) in [5.41, 5.74) is -0.297. The van der Waals surface area contributed by atoms with Gasteiger partial charge in [-0.05, 0) is 51.5 Å². The summed E-state index contributed by atoms with van der Waals surface area (Å²) in [6.07, 6.45) is 7.14. The van der Waals surface area contributed by atoms with E-state index < -0.39 is 0 Å². The van der Waals surface area contributed by atoms with E-state index in [9.17, 15) is 5.26 Å². The van der Waals surface area contributed by atoms with Crippen LogP contribution in [-0.4, -0.2) is 49.3 Å². The molecule has 19 heavy (non-hydrogen) atoms. The maximum atomic E-state index is 9.75. The molecule has 4 heteroatoms. The number of likely N-dealkylation sites (N-methyl/N-ethyl adjacent to an activating group) is 1. The van der Waals surface area contributed by atoms with Crippen molar-refractivity contribution in [3.8, 4) is 6.07 Å². The number of nitrogens with one attached hydrogen (secondary N) is 1. The van der Waals surface area contributed by atoms with E-state index in [1.54, 1.807) is 0 Å². The Labute approximate surface area is 116 Å². The molecule has 0 aromatic carbocycles. The lowest BCUT2D eigenvalue weighted by molar-refractivity contribution is 0.0352. The van der Waals surface area contributed by atoms with Crippen LogP contribution in [0.15, 0.2) is 0 Å². The maximum Gasteiger partial charge on any atom is 0.122 e. The van der Waals surface area contributed by atoms with Crippen molar-refractivity contribution < 1.29 is 4.74 Å². The highest BCUT2D eigenvalue weighted by molar-refractivity contribution is 5.18. The van der Waals surface area contributed by atoms with E-state index in [-0.39, 0.29) is 5.54 Å². The summed E-state index contributed by atoms with van der Waals surface area (Å²) in [5, 5.41) is 13.4. The molecule has 3 aliphatic rings. The van der Waals surface area contributed by atoms with Gasteiger partial charge in [-0.3, -0.25) is 5.32 Å². The topological polar surface area (TPSA) is 48.3 Å². The lowest BCUT2D eigenvalue weighted by atomic mass is 9.92. The first kappa shape index (κ1) is 13.4. The SMILES string of the molecule is CN(CC(C#N)(NC1CC1)C1CC1)C1CCOCC1. The third kappa shape index (κ3) is 3.10. The Bertz CT molecular complexity index is 353. The summed E-state index contributed by atoms with van der Waals surface area (Å²) in [6, 6.07) is 3.82. The smallest absolute Gasteiger partial charge is 0.122 e. The van der Waals surface area contributed by atoms with Crippen molar-refractivity contribution in [3.63, 3.8) is 0 Å². The second-order valence-corrected chi connectivity index (χ2v) is 6.53. The first-order chi connectivity index (χ1) is 9.23. The molecule has 2 aliphatic carbocycles. The summed E-state index contributed by atoms with van der Waals surface area (Å²) in [7, 11) is 2.18. The zero-order valence-electron chi connectivity index (χ0n) is 11.9. The Morgan fingerprint density at radius 3 is 2.42 bits per heavy atom. The van der Waals surface area contributed by atoms with Crippen molar-refractivity contribution in [2.45, 2.75) is 56.1 Å². The zero-order valence-corrected chi connectivity index (χ0v) is 11.9. The Hall–Kier alpha value is -0.630. The van der Waals surface area contributed by atoms with E-state index in [0.717, 1.165) is 32.6 Å². The number of rotatable bonds is 6. The highest BCUT2D eigenvalue weighted by Crippen LogP contribution is 2.42. The first-order valence-corrected chi connectivity index (χ1v) is 7.70. The Morgan fingerprint density at radius 1 is 1.21 bits per heavy atom. The van der Waals surface area contributed by atoms with Gasteiger partial charge in [0.15, 0.2) is 0 Å². The van der Waals surface area contributed by atoms with Gasteiger partial charge in [0.2, 0.25) is 0 Å². The minimum atomic E-state index is -0.297. The number of hydrogen-bond donors (Lipinski definition) is 1. The molecular formula is C15H25N3O.